The van der Waals surface area contributed by atoms with Gasteiger partial charge in [-0.05, 0) is 56.0 Å². The third kappa shape index (κ3) is 4.58. The molecular formula is C26H26FN5O4. The van der Waals surface area contributed by atoms with Gasteiger partial charge in [0.25, 0.3) is 11.8 Å². The minimum Gasteiger partial charge on any atom is -0.370 e. The van der Waals surface area contributed by atoms with Crippen molar-refractivity contribution in [2.45, 2.75) is 32.7 Å². The lowest BCUT2D eigenvalue weighted by Gasteiger charge is -2.34. The fourth-order valence-corrected chi connectivity index (χ4v) is 4.80. The second kappa shape index (κ2) is 9.88. The van der Waals surface area contributed by atoms with Crippen molar-refractivity contribution in [1.82, 2.24) is 20.5 Å². The summed E-state index contributed by atoms with van der Waals surface area (Å²) < 4.78 is 17.8. The number of carbonyl (C=O) groups excluding carboxylic acids is 3. The van der Waals surface area contributed by atoms with Gasteiger partial charge >= 0.3 is 0 Å². The maximum atomic E-state index is 13.3. The van der Waals surface area contributed by atoms with E-state index in [1.165, 1.54) is 12.1 Å². The fraction of sp³-hybridized carbons (Fsp3) is 0.346. The minimum absolute atomic E-state index is 0.0137. The summed E-state index contributed by atoms with van der Waals surface area (Å²) in [7, 11) is 0. The predicted molar refractivity (Wildman–Crippen MR) is 128 cm³/mol. The third-order valence-electron chi connectivity index (χ3n) is 6.79. The van der Waals surface area contributed by atoms with Crippen LogP contribution >= 0.6 is 0 Å². The maximum Gasteiger partial charge on any atom is 0.264 e. The molecule has 0 aliphatic carbocycles. The Morgan fingerprint density at radius 2 is 1.94 bits per heavy atom. The molecule has 1 fully saturated rings. The molecule has 3 heterocycles. The molecule has 1 aromatic heterocycles. The fourth-order valence-electron chi connectivity index (χ4n) is 4.80. The van der Waals surface area contributed by atoms with Crippen LogP contribution in [0.15, 0.2) is 47.1 Å². The van der Waals surface area contributed by atoms with Gasteiger partial charge in [0, 0.05) is 19.6 Å². The van der Waals surface area contributed by atoms with Crippen LogP contribution in [0, 0.1) is 18.7 Å². The lowest BCUT2D eigenvalue weighted by atomic mass is 9.95. The summed E-state index contributed by atoms with van der Waals surface area (Å²) >= 11 is 0. The summed E-state index contributed by atoms with van der Waals surface area (Å²) in [6, 6.07) is 11.5. The monoisotopic (exact) mass is 491 g/mol. The molecule has 3 aromatic rings. The highest BCUT2D eigenvalue weighted by molar-refractivity contribution is 6.23. The first-order chi connectivity index (χ1) is 17.4. The highest BCUT2D eigenvalue weighted by atomic mass is 19.1. The van der Waals surface area contributed by atoms with Crippen molar-refractivity contribution in [2.24, 2.45) is 5.92 Å². The number of hydrogen-bond acceptors (Lipinski definition) is 7. The molecular weight excluding hydrogens is 465 g/mol. The molecule has 0 spiro atoms. The molecule has 1 atom stereocenters. The van der Waals surface area contributed by atoms with E-state index in [1.807, 2.05) is 11.0 Å². The number of carbonyl (C=O) groups is 3. The molecule has 2 aliphatic heterocycles. The number of nitrogens with zero attached hydrogens (tertiary/aromatic N) is 4. The minimum atomic E-state index is -0.390. The quantitative estimate of drug-likeness (QED) is 0.506. The molecule has 2 aliphatic rings. The number of anilines is 1. The molecule has 2 aromatic carbocycles. The van der Waals surface area contributed by atoms with Gasteiger partial charge in [-0.15, -0.1) is 0 Å². The number of aromatic nitrogens is 2. The average molecular weight is 492 g/mol. The topological polar surface area (TPSA) is 109 Å². The SMILES string of the molecule is Cc1nonc1CN1C(=O)c2cccc(N3CCCC(C(=O)NCCc4ccc(F)cc4)C3)c2C1=O. The molecule has 186 valence electrons. The first kappa shape index (κ1) is 23.7. The van der Waals surface area contributed by atoms with E-state index in [0.717, 1.165) is 23.3 Å². The van der Waals surface area contributed by atoms with E-state index < -0.39 is 0 Å². The van der Waals surface area contributed by atoms with E-state index >= 15 is 0 Å². The Morgan fingerprint density at radius 3 is 2.69 bits per heavy atom. The number of nitrogens with one attached hydrogen (secondary N) is 1. The lowest BCUT2D eigenvalue weighted by Crippen LogP contribution is -2.44. The summed E-state index contributed by atoms with van der Waals surface area (Å²) in [6.45, 7) is 3.28. The number of aryl methyl sites for hydroxylation is 1. The van der Waals surface area contributed by atoms with Crippen molar-refractivity contribution in [1.29, 1.82) is 0 Å². The van der Waals surface area contributed by atoms with Crippen LogP contribution in [0.1, 0.15) is 50.5 Å². The zero-order chi connectivity index (χ0) is 25.2. The Bertz CT molecular complexity index is 1310. The van der Waals surface area contributed by atoms with Crippen molar-refractivity contribution >= 4 is 23.4 Å². The van der Waals surface area contributed by atoms with Crippen LogP contribution in [0.2, 0.25) is 0 Å². The number of imide groups is 1. The first-order valence-electron chi connectivity index (χ1n) is 12.0. The zero-order valence-electron chi connectivity index (χ0n) is 19.9. The molecule has 0 radical (unpaired) electrons. The van der Waals surface area contributed by atoms with E-state index in [1.54, 1.807) is 31.2 Å². The number of hydrogen-bond donors (Lipinski definition) is 1. The van der Waals surface area contributed by atoms with Gasteiger partial charge in [0.15, 0.2) is 0 Å². The van der Waals surface area contributed by atoms with Crippen LogP contribution in [0.25, 0.3) is 0 Å². The Balaban J connectivity index is 1.26. The largest absolute Gasteiger partial charge is 0.370 e. The van der Waals surface area contributed by atoms with E-state index in [2.05, 4.69) is 15.6 Å². The molecule has 3 amide bonds. The molecule has 36 heavy (non-hydrogen) atoms. The lowest BCUT2D eigenvalue weighted by molar-refractivity contribution is -0.125. The van der Waals surface area contributed by atoms with Crippen LogP contribution in [-0.4, -0.2) is 52.6 Å². The Hall–Kier alpha value is -4.08. The van der Waals surface area contributed by atoms with Gasteiger partial charge in [0.05, 0.1) is 29.3 Å². The molecule has 5 rings (SSSR count). The number of piperidine rings is 1. The molecule has 10 heteroatoms. The summed E-state index contributed by atoms with van der Waals surface area (Å²) in [4.78, 5) is 42.4. The summed E-state index contributed by atoms with van der Waals surface area (Å²) in [5.74, 6) is -1.35. The van der Waals surface area contributed by atoms with Crippen LogP contribution in [-0.2, 0) is 17.8 Å². The zero-order valence-corrected chi connectivity index (χ0v) is 19.9. The van der Waals surface area contributed by atoms with Gasteiger partial charge in [-0.2, -0.15) is 0 Å². The summed E-state index contributed by atoms with van der Waals surface area (Å²) in [5.41, 5.74) is 3.27. The highest BCUT2D eigenvalue weighted by Crippen LogP contribution is 2.34. The molecule has 1 saturated heterocycles. The Kier molecular flexibility index (Phi) is 6.49. The highest BCUT2D eigenvalue weighted by Gasteiger charge is 2.40. The van der Waals surface area contributed by atoms with Gasteiger partial charge in [0.1, 0.15) is 17.2 Å². The second-order valence-electron chi connectivity index (χ2n) is 9.15. The second-order valence-corrected chi connectivity index (χ2v) is 9.15. The number of amides is 3. The van der Waals surface area contributed by atoms with Crippen molar-refractivity contribution in [3.63, 3.8) is 0 Å². The van der Waals surface area contributed by atoms with E-state index in [0.29, 0.717) is 54.3 Å². The average Bonchev–Trinajstić information content (AvgIpc) is 3.41. The molecule has 1 N–H and O–H groups in total. The molecule has 1 unspecified atom stereocenters. The van der Waals surface area contributed by atoms with Crippen molar-refractivity contribution in [3.05, 3.63) is 76.4 Å². The van der Waals surface area contributed by atoms with E-state index in [-0.39, 0.29) is 36.0 Å². The number of benzene rings is 2. The van der Waals surface area contributed by atoms with Crippen LogP contribution < -0.4 is 10.2 Å². The number of rotatable bonds is 7. The Morgan fingerprint density at radius 1 is 1.14 bits per heavy atom. The number of fused-ring (bicyclic) bond motifs is 1. The van der Waals surface area contributed by atoms with Gasteiger partial charge in [-0.1, -0.05) is 28.5 Å². The maximum absolute atomic E-state index is 13.3. The number of halogens is 1. The van der Waals surface area contributed by atoms with Crippen LogP contribution in [0.5, 0.6) is 0 Å². The molecule has 9 nitrogen and oxygen atoms in total. The smallest absolute Gasteiger partial charge is 0.264 e. The van der Waals surface area contributed by atoms with Crippen molar-refractivity contribution in [2.75, 3.05) is 24.5 Å². The predicted octanol–water partition coefficient (Wildman–Crippen LogP) is 2.89. The third-order valence-corrected chi connectivity index (χ3v) is 6.79. The molecule has 0 saturated carbocycles. The van der Waals surface area contributed by atoms with Gasteiger partial charge in [0.2, 0.25) is 5.91 Å². The Labute approximate surface area is 207 Å². The van der Waals surface area contributed by atoms with Gasteiger partial charge in [-0.25, -0.2) is 9.02 Å². The summed E-state index contributed by atoms with van der Waals surface area (Å²) in [6.07, 6.45) is 2.14. The van der Waals surface area contributed by atoms with Gasteiger partial charge < -0.3 is 10.2 Å². The van der Waals surface area contributed by atoms with Crippen molar-refractivity contribution in [3.8, 4) is 0 Å². The standard InChI is InChI=1S/C26H26FN5O4/c1-16-21(30-36-29-16)15-32-25(34)20-5-2-6-22(23(20)26(32)35)31-13-3-4-18(14-31)24(33)28-12-11-17-7-9-19(27)10-8-17/h2,5-10,18H,3-4,11-15H2,1H3,(H,28,33). The van der Waals surface area contributed by atoms with Crippen molar-refractivity contribution < 1.29 is 23.4 Å². The first-order valence-corrected chi connectivity index (χ1v) is 12.0. The van der Waals surface area contributed by atoms with Crippen LogP contribution in [0.3, 0.4) is 0 Å². The normalized spacial score (nSPS) is 17.4. The summed E-state index contributed by atoms with van der Waals surface area (Å²) in [5, 5.41) is 10.5. The molecule has 0 bridgehead atoms. The van der Waals surface area contributed by atoms with Crippen LogP contribution in [0.4, 0.5) is 10.1 Å². The van der Waals surface area contributed by atoms with E-state index in [4.69, 9.17) is 4.63 Å². The van der Waals surface area contributed by atoms with E-state index in [9.17, 15) is 18.8 Å². The van der Waals surface area contributed by atoms with Gasteiger partial charge in [-0.3, -0.25) is 19.3 Å².